The second kappa shape index (κ2) is 10.0. The molecule has 0 radical (unpaired) electrons. The van der Waals surface area contributed by atoms with E-state index in [9.17, 15) is 25.0 Å². The van der Waals surface area contributed by atoms with Crippen LogP contribution in [0.15, 0.2) is 60.7 Å². The molecule has 2 aromatic rings. The van der Waals surface area contributed by atoms with Crippen molar-refractivity contribution in [2.45, 2.75) is 50.3 Å². The zero-order valence-electron chi connectivity index (χ0n) is 17.6. The topological polar surface area (TPSA) is 125 Å². The molecule has 1 aliphatic rings. The number of carbonyl (C=O) groups excluding carboxylic acids is 1. The van der Waals surface area contributed by atoms with Crippen LogP contribution in [0, 0.1) is 16.0 Å². The Hall–Kier alpha value is -2.75. The molecule has 0 aliphatic carbocycles. The lowest BCUT2D eigenvalue weighted by Gasteiger charge is -2.24. The Morgan fingerprint density at radius 2 is 1.65 bits per heavy atom. The van der Waals surface area contributed by atoms with Gasteiger partial charge in [0.25, 0.3) is 0 Å². The molecule has 4 N–H and O–H groups in total. The van der Waals surface area contributed by atoms with Crippen LogP contribution >= 0.6 is 0 Å². The molecule has 31 heavy (non-hydrogen) atoms. The molecule has 0 unspecified atom stereocenters. The van der Waals surface area contributed by atoms with E-state index < -0.39 is 43.0 Å². The molecule has 1 amide bonds. The average Bonchev–Trinajstić information content (AvgIpc) is 3.15. The molecule has 1 fully saturated rings. The van der Waals surface area contributed by atoms with Gasteiger partial charge in [-0.1, -0.05) is 74.5 Å². The van der Waals surface area contributed by atoms with Crippen LogP contribution in [-0.4, -0.2) is 46.0 Å². The lowest BCUT2D eigenvalue weighted by atomic mass is 9.74. The highest BCUT2D eigenvalue weighted by atomic mass is 16.6. The van der Waals surface area contributed by atoms with Gasteiger partial charge in [-0.15, -0.1) is 0 Å². The van der Waals surface area contributed by atoms with Gasteiger partial charge in [-0.05, 0) is 23.5 Å². The smallest absolute Gasteiger partial charge is 0.426 e. The number of rotatable bonds is 8. The van der Waals surface area contributed by atoms with Crippen molar-refractivity contribution in [2.75, 3.05) is 0 Å². The van der Waals surface area contributed by atoms with Gasteiger partial charge in [-0.25, -0.2) is 0 Å². The summed E-state index contributed by atoms with van der Waals surface area (Å²) in [6.07, 6.45) is 0.368. The van der Waals surface area contributed by atoms with Gasteiger partial charge in [0.1, 0.15) is 12.1 Å². The van der Waals surface area contributed by atoms with Crippen molar-refractivity contribution in [3.05, 3.63) is 81.9 Å². The maximum absolute atomic E-state index is 13.3. The van der Waals surface area contributed by atoms with Gasteiger partial charge in [-0.2, -0.15) is 0 Å². The summed E-state index contributed by atoms with van der Waals surface area (Å²) in [5, 5.41) is 37.5. The van der Waals surface area contributed by atoms with Crippen LogP contribution in [-0.2, 0) is 4.79 Å². The number of nitrogens with one attached hydrogen (secondary N) is 2. The largest absolute Gasteiger partial charge is 0.475 e. The first kappa shape index (κ1) is 22.9. The fraction of sp³-hybridized carbons (Fsp3) is 0.409. The summed E-state index contributed by atoms with van der Waals surface area (Å²) in [6.45, 7) is 3.83. The molecule has 164 valence electrons. The van der Waals surface area contributed by atoms with Crippen LogP contribution in [0.1, 0.15) is 43.4 Å². The Balaban J connectivity index is 1.98. The van der Waals surface area contributed by atoms with Crippen LogP contribution < -0.4 is 10.6 Å². The summed E-state index contributed by atoms with van der Waals surface area (Å²) in [5.74, 6) is -1.96. The van der Waals surface area contributed by atoms with Crippen LogP contribution in [0.5, 0.6) is 0 Å². The van der Waals surface area contributed by atoms with Crippen molar-refractivity contribution in [1.29, 1.82) is 0 Å². The molecular weight excluding hydrogens is 397 g/mol. The van der Waals surface area contributed by atoms with E-state index in [1.54, 1.807) is 48.5 Å². The molecule has 0 aromatic heterocycles. The molecule has 0 saturated carbocycles. The van der Waals surface area contributed by atoms with Gasteiger partial charge >= 0.3 is 7.12 Å². The highest BCUT2D eigenvalue weighted by Crippen LogP contribution is 2.40. The van der Waals surface area contributed by atoms with Crippen LogP contribution in [0.3, 0.4) is 0 Å². The summed E-state index contributed by atoms with van der Waals surface area (Å²) < 4.78 is 0. The second-order valence-corrected chi connectivity index (χ2v) is 8.40. The molecule has 8 nitrogen and oxygen atoms in total. The Labute approximate surface area is 182 Å². The maximum atomic E-state index is 13.3. The number of hydrogen-bond acceptors (Lipinski definition) is 6. The van der Waals surface area contributed by atoms with E-state index in [-0.39, 0.29) is 10.8 Å². The average molecular weight is 425 g/mol. The summed E-state index contributed by atoms with van der Waals surface area (Å²) in [4.78, 5) is 25.1. The predicted molar refractivity (Wildman–Crippen MR) is 118 cm³/mol. The molecule has 1 saturated heterocycles. The molecule has 3 rings (SSSR count). The SMILES string of the molecule is CC(C)C[C@H](NC(=O)[C@@H]1N[C@H](c2ccccc2)[C@@H]([N+](=O)[O-])[C@@H]1c1ccccc1)B(O)O. The highest BCUT2D eigenvalue weighted by molar-refractivity contribution is 6.43. The summed E-state index contributed by atoms with van der Waals surface area (Å²) in [6, 6.07) is 15.4. The zero-order valence-corrected chi connectivity index (χ0v) is 17.6. The van der Waals surface area contributed by atoms with E-state index in [2.05, 4.69) is 10.6 Å². The van der Waals surface area contributed by atoms with Gasteiger partial charge in [0.15, 0.2) is 0 Å². The normalized spacial score (nSPS) is 24.0. The van der Waals surface area contributed by atoms with Crippen molar-refractivity contribution in [2.24, 2.45) is 5.92 Å². The van der Waals surface area contributed by atoms with Crippen LogP contribution in [0.2, 0.25) is 0 Å². The van der Waals surface area contributed by atoms with Crippen molar-refractivity contribution < 1.29 is 19.8 Å². The number of benzene rings is 2. The monoisotopic (exact) mass is 425 g/mol. The summed E-state index contributed by atoms with van der Waals surface area (Å²) >= 11 is 0. The van der Waals surface area contributed by atoms with Crippen LogP contribution in [0.25, 0.3) is 0 Å². The quantitative estimate of drug-likeness (QED) is 0.290. The maximum Gasteiger partial charge on any atom is 0.475 e. The lowest BCUT2D eigenvalue weighted by Crippen LogP contribution is -2.53. The fourth-order valence-corrected chi connectivity index (χ4v) is 4.35. The van der Waals surface area contributed by atoms with E-state index in [0.29, 0.717) is 12.0 Å². The standard InChI is InChI=1S/C22H28BN3O5/c1-14(2)13-17(23(28)29)24-22(27)20-18(15-9-5-3-6-10-15)21(26(30)31)19(25-20)16-11-7-4-8-12-16/h3-12,14,17-21,25,28-29H,13H2,1-2H3,(H,24,27)/t17-,18+,19+,20+,21-/m0/s1. The minimum atomic E-state index is -1.72. The summed E-state index contributed by atoms with van der Waals surface area (Å²) in [7, 11) is -1.72. The molecule has 0 spiro atoms. The van der Waals surface area contributed by atoms with Gasteiger partial charge in [0.2, 0.25) is 11.9 Å². The van der Waals surface area contributed by atoms with Crippen molar-refractivity contribution >= 4 is 13.0 Å². The molecule has 1 aliphatic heterocycles. The number of nitro groups is 1. The fourth-order valence-electron chi connectivity index (χ4n) is 4.35. The van der Waals surface area contributed by atoms with E-state index in [4.69, 9.17) is 0 Å². The number of hydrogen-bond donors (Lipinski definition) is 4. The minimum absolute atomic E-state index is 0.122. The van der Waals surface area contributed by atoms with Gasteiger partial charge in [0, 0.05) is 4.92 Å². The highest BCUT2D eigenvalue weighted by Gasteiger charge is 2.54. The van der Waals surface area contributed by atoms with E-state index in [1.807, 2.05) is 26.0 Å². The number of carbonyl (C=O) groups is 1. The van der Waals surface area contributed by atoms with Gasteiger partial charge in [0.05, 0.1) is 11.9 Å². The molecule has 1 heterocycles. The lowest BCUT2D eigenvalue weighted by molar-refractivity contribution is -0.527. The van der Waals surface area contributed by atoms with E-state index in [0.717, 1.165) is 5.56 Å². The molecule has 0 bridgehead atoms. The Morgan fingerprint density at radius 1 is 1.10 bits per heavy atom. The summed E-state index contributed by atoms with van der Waals surface area (Å²) in [5.41, 5.74) is 1.40. The van der Waals surface area contributed by atoms with E-state index in [1.165, 1.54) is 0 Å². The van der Waals surface area contributed by atoms with Crippen molar-refractivity contribution in [1.82, 2.24) is 10.6 Å². The van der Waals surface area contributed by atoms with Crippen molar-refractivity contribution in [3.8, 4) is 0 Å². The Kier molecular flexibility index (Phi) is 7.43. The predicted octanol–water partition coefficient (Wildman–Crippen LogP) is 1.67. The molecule has 5 atom stereocenters. The first-order valence-electron chi connectivity index (χ1n) is 10.5. The Bertz CT molecular complexity index is 881. The molecular formula is C22H28BN3O5. The second-order valence-electron chi connectivity index (χ2n) is 8.40. The third-order valence-corrected chi connectivity index (χ3v) is 5.71. The van der Waals surface area contributed by atoms with Crippen molar-refractivity contribution in [3.63, 3.8) is 0 Å². The first-order valence-corrected chi connectivity index (χ1v) is 10.5. The van der Waals surface area contributed by atoms with Gasteiger partial charge in [-0.3, -0.25) is 20.2 Å². The Morgan fingerprint density at radius 3 is 2.13 bits per heavy atom. The minimum Gasteiger partial charge on any atom is -0.426 e. The first-order chi connectivity index (χ1) is 14.8. The zero-order chi connectivity index (χ0) is 22.5. The van der Waals surface area contributed by atoms with Gasteiger partial charge < -0.3 is 15.4 Å². The van der Waals surface area contributed by atoms with E-state index >= 15 is 0 Å². The van der Waals surface area contributed by atoms with Crippen LogP contribution in [0.4, 0.5) is 0 Å². The number of nitrogens with zero attached hydrogens (tertiary/aromatic N) is 1. The number of amides is 1. The third kappa shape index (κ3) is 5.30. The molecule has 2 aromatic carbocycles. The molecule has 9 heteroatoms. The third-order valence-electron chi connectivity index (χ3n) is 5.71.